The van der Waals surface area contributed by atoms with E-state index in [0.717, 1.165) is 45.1 Å². The quantitative estimate of drug-likeness (QED) is 0.714. The summed E-state index contributed by atoms with van der Waals surface area (Å²) in [6.45, 7) is 5.37. The molecule has 0 amide bonds. The van der Waals surface area contributed by atoms with Crippen LogP contribution in [0.1, 0.15) is 18.5 Å². The molecule has 0 bridgehead atoms. The number of likely N-dealkylation sites (N-methyl/N-ethyl adjacent to an activating group) is 1. The van der Waals surface area contributed by atoms with Crippen LogP contribution >= 0.6 is 0 Å². The summed E-state index contributed by atoms with van der Waals surface area (Å²) in [5, 5.41) is 0. The van der Waals surface area contributed by atoms with Crippen LogP contribution in [0.4, 0.5) is 0 Å². The van der Waals surface area contributed by atoms with Gasteiger partial charge in [-0.05, 0) is 39.1 Å². The Labute approximate surface area is 139 Å². The maximum absolute atomic E-state index is 6.11. The first-order valence-corrected chi connectivity index (χ1v) is 8.72. The van der Waals surface area contributed by atoms with Gasteiger partial charge in [0.15, 0.2) is 0 Å². The summed E-state index contributed by atoms with van der Waals surface area (Å²) in [6, 6.07) is 6.67. The number of fused-ring (bicyclic) bond motifs is 1. The van der Waals surface area contributed by atoms with Crippen molar-refractivity contribution in [2.75, 3.05) is 47.0 Å². The molecular weight excluding hydrogens is 290 g/mol. The van der Waals surface area contributed by atoms with Gasteiger partial charge in [-0.15, -0.1) is 0 Å². The minimum Gasteiger partial charge on any atom is -0.380 e. The van der Waals surface area contributed by atoms with Crippen molar-refractivity contribution >= 4 is 0 Å². The van der Waals surface area contributed by atoms with E-state index in [1.807, 2.05) is 12.3 Å². The molecule has 3 rings (SSSR count). The Bertz CT molecular complexity index is 469. The first-order chi connectivity index (χ1) is 11.2. The molecule has 5 nitrogen and oxygen atoms in total. The minimum atomic E-state index is 0.326. The van der Waals surface area contributed by atoms with Crippen LogP contribution < -0.4 is 0 Å². The van der Waals surface area contributed by atoms with Gasteiger partial charge in [0.05, 0.1) is 31.6 Å². The molecule has 0 radical (unpaired) electrons. The van der Waals surface area contributed by atoms with Gasteiger partial charge >= 0.3 is 0 Å². The molecular formula is C18H29N3O2. The smallest absolute Gasteiger partial charge is 0.0781 e. The molecule has 0 spiro atoms. The monoisotopic (exact) mass is 319 g/mol. The Morgan fingerprint density at radius 1 is 1.35 bits per heavy atom. The number of hydrogen-bond donors (Lipinski definition) is 0. The lowest BCUT2D eigenvalue weighted by molar-refractivity contribution is -0.0886. The van der Waals surface area contributed by atoms with Crippen LogP contribution in [0.3, 0.4) is 0 Å². The third kappa shape index (κ3) is 4.51. The van der Waals surface area contributed by atoms with E-state index in [-0.39, 0.29) is 0 Å². The zero-order chi connectivity index (χ0) is 16.1. The second-order valence-electron chi connectivity index (χ2n) is 6.91. The van der Waals surface area contributed by atoms with Crippen LogP contribution in [0.2, 0.25) is 0 Å². The van der Waals surface area contributed by atoms with Crippen LogP contribution in [0.5, 0.6) is 0 Å². The van der Waals surface area contributed by atoms with E-state index in [4.69, 9.17) is 9.47 Å². The number of aromatic nitrogens is 1. The van der Waals surface area contributed by atoms with Crippen molar-refractivity contribution in [1.29, 1.82) is 0 Å². The first-order valence-electron chi connectivity index (χ1n) is 8.72. The molecule has 1 saturated carbocycles. The van der Waals surface area contributed by atoms with E-state index in [2.05, 4.69) is 41.0 Å². The van der Waals surface area contributed by atoms with Crippen LogP contribution in [0.15, 0.2) is 24.4 Å². The minimum absolute atomic E-state index is 0.326. The summed E-state index contributed by atoms with van der Waals surface area (Å²) < 4.78 is 12.0. The predicted molar refractivity (Wildman–Crippen MR) is 90.3 cm³/mol. The highest BCUT2D eigenvalue weighted by Gasteiger charge is 2.42. The van der Waals surface area contributed by atoms with E-state index in [0.29, 0.717) is 18.1 Å². The topological polar surface area (TPSA) is 37.8 Å². The highest BCUT2D eigenvalue weighted by molar-refractivity contribution is 5.05. The lowest BCUT2D eigenvalue weighted by atomic mass is 10.0. The van der Waals surface area contributed by atoms with Crippen LogP contribution in [0, 0.1) is 5.92 Å². The summed E-state index contributed by atoms with van der Waals surface area (Å²) in [5.74, 6) is 0.536. The molecule has 1 aromatic rings. The van der Waals surface area contributed by atoms with Gasteiger partial charge in [0.2, 0.25) is 0 Å². The first kappa shape index (κ1) is 16.8. The van der Waals surface area contributed by atoms with Crippen molar-refractivity contribution < 1.29 is 9.47 Å². The number of nitrogens with zero attached hydrogens (tertiary/aromatic N) is 3. The molecule has 2 heterocycles. The van der Waals surface area contributed by atoms with Gasteiger partial charge in [-0.3, -0.25) is 9.88 Å². The summed E-state index contributed by atoms with van der Waals surface area (Å²) in [7, 11) is 4.16. The molecule has 23 heavy (non-hydrogen) atoms. The maximum Gasteiger partial charge on any atom is 0.0781 e. The normalized spacial score (nSPS) is 28.2. The Kier molecular flexibility index (Phi) is 6.00. The molecule has 0 N–H and O–H groups in total. The standard InChI is InChI=1S/C18H29N3O2/c1-20(2)9-11-22-14-15-6-7-17-18(15)23-12-10-21(17)13-16-5-3-4-8-19-16/h3-5,8,15,17-18H,6-7,9-14H2,1-2H3/t15?,17-,18-/m0/s1. The summed E-state index contributed by atoms with van der Waals surface area (Å²) in [5.41, 5.74) is 1.15. The third-order valence-electron chi connectivity index (χ3n) is 4.94. The van der Waals surface area contributed by atoms with Crippen molar-refractivity contribution in [3.05, 3.63) is 30.1 Å². The Morgan fingerprint density at radius 2 is 2.26 bits per heavy atom. The second-order valence-corrected chi connectivity index (χ2v) is 6.91. The Hall–Kier alpha value is -1.01. The van der Waals surface area contributed by atoms with Gasteiger partial charge in [-0.2, -0.15) is 0 Å². The van der Waals surface area contributed by atoms with Gasteiger partial charge in [0.25, 0.3) is 0 Å². The van der Waals surface area contributed by atoms with E-state index < -0.39 is 0 Å². The predicted octanol–water partition coefficient (Wildman–Crippen LogP) is 1.64. The number of rotatable bonds is 7. The fourth-order valence-electron chi connectivity index (χ4n) is 3.69. The maximum atomic E-state index is 6.11. The van der Waals surface area contributed by atoms with Gasteiger partial charge in [-0.25, -0.2) is 0 Å². The van der Waals surface area contributed by atoms with E-state index in [9.17, 15) is 0 Å². The van der Waals surface area contributed by atoms with Crippen molar-refractivity contribution in [3.8, 4) is 0 Å². The molecule has 1 unspecified atom stereocenters. The van der Waals surface area contributed by atoms with Gasteiger partial charge in [0.1, 0.15) is 0 Å². The average Bonchev–Trinajstić information content (AvgIpc) is 2.97. The lowest BCUT2D eigenvalue weighted by Crippen LogP contribution is -2.50. The molecule has 2 aliphatic rings. The highest BCUT2D eigenvalue weighted by atomic mass is 16.5. The van der Waals surface area contributed by atoms with Crippen molar-refractivity contribution in [2.24, 2.45) is 5.92 Å². The van der Waals surface area contributed by atoms with Gasteiger partial charge in [0, 0.05) is 37.8 Å². The van der Waals surface area contributed by atoms with Crippen molar-refractivity contribution in [2.45, 2.75) is 31.5 Å². The average molecular weight is 319 g/mol. The number of morpholine rings is 1. The molecule has 1 aliphatic carbocycles. The molecule has 1 saturated heterocycles. The SMILES string of the molecule is CN(C)CCOCC1CC[C@H]2[C@H]1OCCN2Cc1ccccn1. The van der Waals surface area contributed by atoms with Gasteiger partial charge < -0.3 is 14.4 Å². The zero-order valence-corrected chi connectivity index (χ0v) is 14.4. The summed E-state index contributed by atoms with van der Waals surface area (Å²) >= 11 is 0. The van der Waals surface area contributed by atoms with Gasteiger partial charge in [-0.1, -0.05) is 6.07 Å². The van der Waals surface area contributed by atoms with Crippen LogP contribution in [0.25, 0.3) is 0 Å². The molecule has 1 aliphatic heterocycles. The third-order valence-corrected chi connectivity index (χ3v) is 4.94. The number of pyridine rings is 1. The van der Waals surface area contributed by atoms with E-state index in [1.54, 1.807) is 0 Å². The lowest BCUT2D eigenvalue weighted by Gasteiger charge is -2.39. The second kappa shape index (κ2) is 8.20. The van der Waals surface area contributed by atoms with Crippen molar-refractivity contribution in [3.63, 3.8) is 0 Å². The zero-order valence-electron chi connectivity index (χ0n) is 14.4. The number of ether oxygens (including phenoxy) is 2. The fourth-order valence-corrected chi connectivity index (χ4v) is 3.69. The molecule has 1 aromatic heterocycles. The summed E-state index contributed by atoms with van der Waals surface area (Å²) in [6.07, 6.45) is 4.62. The largest absolute Gasteiger partial charge is 0.380 e. The van der Waals surface area contributed by atoms with Crippen LogP contribution in [-0.4, -0.2) is 73.9 Å². The Balaban J connectivity index is 1.51. The van der Waals surface area contributed by atoms with E-state index in [1.165, 1.54) is 12.8 Å². The summed E-state index contributed by atoms with van der Waals surface area (Å²) in [4.78, 5) is 9.18. The fraction of sp³-hybridized carbons (Fsp3) is 0.722. The highest BCUT2D eigenvalue weighted by Crippen LogP contribution is 2.35. The molecule has 5 heteroatoms. The molecule has 0 aromatic carbocycles. The molecule has 128 valence electrons. The van der Waals surface area contributed by atoms with Crippen LogP contribution in [-0.2, 0) is 16.0 Å². The molecule has 3 atom stereocenters. The Morgan fingerprint density at radius 3 is 3.04 bits per heavy atom. The van der Waals surface area contributed by atoms with Crippen molar-refractivity contribution in [1.82, 2.24) is 14.8 Å². The number of hydrogen-bond acceptors (Lipinski definition) is 5. The molecule has 2 fully saturated rings. The van der Waals surface area contributed by atoms with E-state index >= 15 is 0 Å².